The lowest BCUT2D eigenvalue weighted by atomic mass is 10.0. The highest BCUT2D eigenvalue weighted by Crippen LogP contribution is 2.26. The molecule has 0 aliphatic heterocycles. The van der Waals surface area contributed by atoms with Crippen molar-refractivity contribution in [1.29, 1.82) is 0 Å². The fourth-order valence-corrected chi connectivity index (χ4v) is 2.60. The number of benzene rings is 1. The minimum Gasteiger partial charge on any atom is -0.305 e. The second kappa shape index (κ2) is 5.38. The van der Waals surface area contributed by atoms with Crippen LogP contribution in [0.2, 0.25) is 0 Å². The summed E-state index contributed by atoms with van der Waals surface area (Å²) in [5.41, 5.74) is 2.04. The lowest BCUT2D eigenvalue weighted by molar-refractivity contribution is 0.608. The van der Waals surface area contributed by atoms with Crippen LogP contribution in [-0.4, -0.2) is 11.5 Å². The molecular weight excluding hydrogens is 235 g/mol. The van der Waals surface area contributed by atoms with Crippen molar-refractivity contribution in [3.63, 3.8) is 0 Å². The molecule has 2 nitrogen and oxygen atoms in total. The molecule has 17 heavy (non-hydrogen) atoms. The van der Waals surface area contributed by atoms with Gasteiger partial charge in [0.1, 0.15) is 10.8 Å². The zero-order valence-electron chi connectivity index (χ0n) is 9.90. The van der Waals surface area contributed by atoms with Crippen molar-refractivity contribution in [1.82, 2.24) is 10.3 Å². The third-order valence-corrected chi connectivity index (χ3v) is 3.49. The van der Waals surface area contributed by atoms with E-state index in [2.05, 4.69) is 17.2 Å². The molecule has 0 radical (unpaired) electrons. The Balaban J connectivity index is 2.39. The maximum atomic E-state index is 13.1. The Morgan fingerprint density at radius 2 is 2.29 bits per heavy atom. The summed E-state index contributed by atoms with van der Waals surface area (Å²) in [5.74, 6) is -0.194. The van der Waals surface area contributed by atoms with Gasteiger partial charge in [-0.25, -0.2) is 9.37 Å². The van der Waals surface area contributed by atoms with Gasteiger partial charge in [-0.3, -0.25) is 0 Å². The first kappa shape index (κ1) is 12.2. The highest BCUT2D eigenvalue weighted by Gasteiger charge is 2.17. The molecule has 4 heteroatoms. The molecule has 0 bridgehead atoms. The van der Waals surface area contributed by atoms with Gasteiger partial charge in [-0.1, -0.05) is 13.0 Å². The van der Waals surface area contributed by atoms with Crippen LogP contribution in [0, 0.1) is 12.7 Å². The maximum absolute atomic E-state index is 13.1. The summed E-state index contributed by atoms with van der Waals surface area (Å²) in [6, 6.07) is 4.95. The van der Waals surface area contributed by atoms with E-state index in [1.54, 1.807) is 23.6 Å². The summed E-state index contributed by atoms with van der Waals surface area (Å²) in [6.45, 7) is 4.83. The smallest absolute Gasteiger partial charge is 0.123 e. The third kappa shape index (κ3) is 2.70. The van der Waals surface area contributed by atoms with Crippen LogP contribution in [0.25, 0.3) is 0 Å². The highest BCUT2D eigenvalue weighted by molar-refractivity contribution is 7.09. The zero-order valence-corrected chi connectivity index (χ0v) is 10.7. The Labute approximate surface area is 105 Å². The summed E-state index contributed by atoms with van der Waals surface area (Å²) in [5, 5.41) is 6.36. The fraction of sp³-hybridized carbons (Fsp3) is 0.308. The van der Waals surface area contributed by atoms with Gasteiger partial charge in [-0.05, 0) is 36.7 Å². The van der Waals surface area contributed by atoms with Crippen LogP contribution in [0.3, 0.4) is 0 Å². The van der Waals surface area contributed by atoms with Crippen molar-refractivity contribution >= 4 is 11.3 Å². The summed E-state index contributed by atoms with van der Waals surface area (Å²) in [7, 11) is 0. The van der Waals surface area contributed by atoms with E-state index in [0.29, 0.717) is 0 Å². The van der Waals surface area contributed by atoms with Crippen LogP contribution < -0.4 is 5.32 Å². The molecule has 1 aromatic carbocycles. The number of aromatic nitrogens is 1. The van der Waals surface area contributed by atoms with Crippen molar-refractivity contribution in [3.05, 3.63) is 51.7 Å². The van der Waals surface area contributed by atoms with Crippen molar-refractivity contribution in [3.8, 4) is 0 Å². The van der Waals surface area contributed by atoms with E-state index in [0.717, 1.165) is 22.7 Å². The summed E-state index contributed by atoms with van der Waals surface area (Å²) < 4.78 is 13.1. The van der Waals surface area contributed by atoms with Gasteiger partial charge in [0.15, 0.2) is 0 Å². The highest BCUT2D eigenvalue weighted by atomic mass is 32.1. The lowest BCUT2D eigenvalue weighted by Gasteiger charge is -2.18. The first-order valence-corrected chi connectivity index (χ1v) is 6.49. The second-order valence-corrected chi connectivity index (χ2v) is 4.79. The number of nitrogens with one attached hydrogen (secondary N) is 1. The molecule has 1 N–H and O–H groups in total. The van der Waals surface area contributed by atoms with Crippen molar-refractivity contribution < 1.29 is 4.39 Å². The summed E-state index contributed by atoms with van der Waals surface area (Å²) >= 11 is 1.61. The van der Waals surface area contributed by atoms with E-state index in [1.165, 1.54) is 6.07 Å². The Kier molecular flexibility index (Phi) is 3.86. The molecule has 0 saturated carbocycles. The second-order valence-electron chi connectivity index (χ2n) is 3.86. The number of aryl methyl sites for hydroxylation is 1. The first-order valence-electron chi connectivity index (χ1n) is 5.61. The number of rotatable bonds is 4. The number of hydrogen-bond acceptors (Lipinski definition) is 3. The van der Waals surface area contributed by atoms with Gasteiger partial charge >= 0.3 is 0 Å². The van der Waals surface area contributed by atoms with Gasteiger partial charge in [0.2, 0.25) is 0 Å². The lowest BCUT2D eigenvalue weighted by Crippen LogP contribution is -2.22. The standard InChI is InChI=1S/C13H15FN2S/c1-3-15-12(13-16-6-7-17-13)11-5-4-10(14)8-9(11)2/h4-8,12,15H,3H2,1-2H3. The molecule has 2 rings (SSSR count). The van der Waals surface area contributed by atoms with E-state index < -0.39 is 0 Å². The number of hydrogen-bond donors (Lipinski definition) is 1. The van der Waals surface area contributed by atoms with Gasteiger partial charge in [-0.2, -0.15) is 0 Å². The van der Waals surface area contributed by atoms with E-state index in [4.69, 9.17) is 0 Å². The minimum absolute atomic E-state index is 0.0561. The topological polar surface area (TPSA) is 24.9 Å². The molecule has 0 amide bonds. The van der Waals surface area contributed by atoms with Gasteiger partial charge in [-0.15, -0.1) is 11.3 Å². The Bertz CT molecular complexity index is 482. The average Bonchev–Trinajstić information content (AvgIpc) is 2.80. The van der Waals surface area contributed by atoms with E-state index in [1.807, 2.05) is 18.4 Å². The molecule has 0 aliphatic carbocycles. The number of nitrogens with zero attached hydrogens (tertiary/aromatic N) is 1. The zero-order chi connectivity index (χ0) is 12.3. The minimum atomic E-state index is -0.194. The summed E-state index contributed by atoms with van der Waals surface area (Å²) in [6.07, 6.45) is 1.79. The van der Waals surface area contributed by atoms with Gasteiger partial charge in [0.05, 0.1) is 6.04 Å². The van der Waals surface area contributed by atoms with E-state index in [-0.39, 0.29) is 11.9 Å². The molecule has 1 heterocycles. The molecule has 2 aromatic rings. The summed E-state index contributed by atoms with van der Waals surface area (Å²) in [4.78, 5) is 4.34. The molecule has 0 spiro atoms. The largest absolute Gasteiger partial charge is 0.305 e. The molecule has 1 unspecified atom stereocenters. The predicted octanol–water partition coefficient (Wildman–Crippen LogP) is 3.29. The normalized spacial score (nSPS) is 12.6. The van der Waals surface area contributed by atoms with E-state index in [9.17, 15) is 4.39 Å². The van der Waals surface area contributed by atoms with Crippen LogP contribution in [0.4, 0.5) is 4.39 Å². The monoisotopic (exact) mass is 250 g/mol. The molecule has 0 fully saturated rings. The van der Waals surface area contributed by atoms with Crippen LogP contribution in [0.15, 0.2) is 29.8 Å². The predicted molar refractivity (Wildman–Crippen MR) is 68.8 cm³/mol. The molecule has 1 atom stereocenters. The molecular formula is C13H15FN2S. The van der Waals surface area contributed by atoms with Gasteiger partial charge in [0, 0.05) is 11.6 Å². The molecule has 90 valence electrons. The third-order valence-electron chi connectivity index (χ3n) is 2.65. The molecule has 0 aliphatic rings. The molecule has 0 saturated heterocycles. The Morgan fingerprint density at radius 3 is 2.88 bits per heavy atom. The van der Waals surface area contributed by atoms with Crippen molar-refractivity contribution in [2.75, 3.05) is 6.54 Å². The molecule has 1 aromatic heterocycles. The first-order chi connectivity index (χ1) is 8.22. The van der Waals surface area contributed by atoms with Crippen LogP contribution in [-0.2, 0) is 0 Å². The van der Waals surface area contributed by atoms with Crippen molar-refractivity contribution in [2.24, 2.45) is 0 Å². The number of halogens is 1. The van der Waals surface area contributed by atoms with Gasteiger partial charge in [0.25, 0.3) is 0 Å². The van der Waals surface area contributed by atoms with Crippen LogP contribution in [0.1, 0.15) is 29.1 Å². The maximum Gasteiger partial charge on any atom is 0.123 e. The van der Waals surface area contributed by atoms with E-state index >= 15 is 0 Å². The number of thiazole rings is 1. The fourth-order valence-electron chi connectivity index (χ4n) is 1.87. The average molecular weight is 250 g/mol. The Morgan fingerprint density at radius 1 is 1.47 bits per heavy atom. The quantitative estimate of drug-likeness (QED) is 0.900. The SMILES string of the molecule is CCNC(c1nccs1)c1ccc(F)cc1C. The Hall–Kier alpha value is -1.26. The van der Waals surface area contributed by atoms with Crippen molar-refractivity contribution in [2.45, 2.75) is 19.9 Å². The van der Waals surface area contributed by atoms with Gasteiger partial charge < -0.3 is 5.32 Å². The van der Waals surface area contributed by atoms with Crippen LogP contribution >= 0.6 is 11.3 Å². The van der Waals surface area contributed by atoms with Crippen LogP contribution in [0.5, 0.6) is 0 Å².